The van der Waals surface area contributed by atoms with E-state index >= 15 is 0 Å². The number of ketones is 1. The molecular formula is C19H26N4O6S2. The smallest absolute Gasteiger partial charge is 0.411 e. The molecule has 0 saturated carbocycles. The Morgan fingerprint density at radius 1 is 1.39 bits per heavy atom. The summed E-state index contributed by atoms with van der Waals surface area (Å²) in [6, 6.07) is 5.61. The van der Waals surface area contributed by atoms with Crippen molar-refractivity contribution in [1.82, 2.24) is 10.2 Å². The Morgan fingerprint density at radius 2 is 2.00 bits per heavy atom. The van der Waals surface area contributed by atoms with Crippen molar-refractivity contribution < 1.29 is 24.0 Å². The Morgan fingerprint density at radius 3 is 2.52 bits per heavy atom. The maximum absolute atomic E-state index is 12.9. The van der Waals surface area contributed by atoms with E-state index in [-0.39, 0.29) is 43.6 Å². The van der Waals surface area contributed by atoms with Gasteiger partial charge in [0.2, 0.25) is 5.91 Å². The van der Waals surface area contributed by atoms with E-state index in [0.29, 0.717) is 5.56 Å². The first-order valence-corrected chi connectivity index (χ1v) is 10.5. The molecule has 3 N–H and O–H groups in total. The van der Waals surface area contributed by atoms with Crippen LogP contribution in [-0.2, 0) is 20.9 Å². The molecule has 2 unspecified atom stereocenters. The zero-order valence-corrected chi connectivity index (χ0v) is 19.0. The second-order valence-corrected chi connectivity index (χ2v) is 8.79. The van der Waals surface area contributed by atoms with Gasteiger partial charge in [0.15, 0.2) is 0 Å². The molecule has 1 saturated heterocycles. The highest BCUT2D eigenvalue weighted by Crippen LogP contribution is 2.44. The molecule has 170 valence electrons. The Balaban J connectivity index is 2.17. The van der Waals surface area contributed by atoms with Crippen molar-refractivity contribution in [2.45, 2.75) is 37.0 Å². The molecule has 1 aromatic rings. The van der Waals surface area contributed by atoms with Crippen molar-refractivity contribution in [2.24, 2.45) is 17.6 Å². The minimum Gasteiger partial charge on any atom is -0.445 e. The highest BCUT2D eigenvalue weighted by atomic mass is 32.1. The average Bonchev–Trinajstić information content (AvgIpc) is 3.10. The molecule has 0 aromatic heterocycles. The molecule has 4 atom stereocenters. The summed E-state index contributed by atoms with van der Waals surface area (Å²) in [5.41, 5.74) is 5.86. The molecule has 12 heteroatoms. The normalized spacial score (nSPS) is 22.5. The lowest BCUT2D eigenvalue weighted by Gasteiger charge is -2.39. The SMILES string of the molecule is CC(=O)[C@H]1CN(C(=O)OCc2ccc([N+](=O)[O-])cc2)[C@@](S)(C(S)C(C)C(=O)NCN)C1. The second-order valence-electron chi connectivity index (χ2n) is 7.46. The van der Waals surface area contributed by atoms with Gasteiger partial charge in [0.05, 0.1) is 11.6 Å². The number of benzene rings is 1. The van der Waals surface area contributed by atoms with Crippen molar-refractivity contribution in [3.63, 3.8) is 0 Å². The van der Waals surface area contributed by atoms with Crippen LogP contribution in [0.1, 0.15) is 25.8 Å². The standard InChI is InChI=1S/C19H26N4O6S2/c1-11(17(25)21-10-20)16(30)19(31)7-14(12(2)24)8-22(19)18(26)29-9-13-3-5-15(6-4-13)23(27)28/h3-6,11,14,16,30-31H,7-10,20H2,1-2H3,(H,21,25)/t11?,14-,16?,19+/m1/s1. The molecule has 2 amide bonds. The molecule has 1 fully saturated rings. The number of nitro groups is 1. The highest BCUT2D eigenvalue weighted by molar-refractivity contribution is 7.85. The Kier molecular flexibility index (Phi) is 8.32. The van der Waals surface area contributed by atoms with Gasteiger partial charge in [-0.1, -0.05) is 6.92 Å². The van der Waals surface area contributed by atoms with Gasteiger partial charge in [0.25, 0.3) is 5.69 Å². The minimum atomic E-state index is -1.21. The third-order valence-electron chi connectivity index (χ3n) is 5.36. The number of non-ortho nitro benzene ring substituents is 1. The van der Waals surface area contributed by atoms with Gasteiger partial charge in [0.1, 0.15) is 17.3 Å². The lowest BCUT2D eigenvalue weighted by molar-refractivity contribution is -0.384. The van der Waals surface area contributed by atoms with Crippen LogP contribution in [0, 0.1) is 22.0 Å². The number of nitrogens with zero attached hydrogens (tertiary/aromatic N) is 2. The molecule has 1 aliphatic heterocycles. The lowest BCUT2D eigenvalue weighted by atomic mass is 9.93. The minimum absolute atomic E-state index is 0.0414. The molecular weight excluding hydrogens is 444 g/mol. The molecule has 0 spiro atoms. The third-order valence-corrected chi connectivity index (χ3v) is 7.14. The van der Waals surface area contributed by atoms with Crippen molar-refractivity contribution >= 4 is 48.7 Å². The number of nitrogens with two attached hydrogens (primary N) is 1. The van der Waals surface area contributed by atoms with Crippen LogP contribution in [-0.4, -0.2) is 50.9 Å². The van der Waals surface area contributed by atoms with Gasteiger partial charge in [-0.05, 0) is 31.0 Å². The van der Waals surface area contributed by atoms with E-state index in [0.717, 1.165) is 0 Å². The summed E-state index contributed by atoms with van der Waals surface area (Å²) in [4.78, 5) is 47.5. The predicted molar refractivity (Wildman–Crippen MR) is 120 cm³/mol. The van der Waals surface area contributed by atoms with Crippen LogP contribution in [0.5, 0.6) is 0 Å². The average molecular weight is 471 g/mol. The summed E-state index contributed by atoms with van der Waals surface area (Å²) in [5, 5.41) is 12.6. The van der Waals surface area contributed by atoms with Crippen molar-refractivity contribution in [2.75, 3.05) is 13.2 Å². The zero-order valence-electron chi connectivity index (χ0n) is 17.2. The van der Waals surface area contributed by atoms with Crippen molar-refractivity contribution in [3.8, 4) is 0 Å². The second kappa shape index (κ2) is 10.3. The van der Waals surface area contributed by atoms with Crippen LogP contribution in [0.2, 0.25) is 0 Å². The molecule has 1 aliphatic rings. The quantitative estimate of drug-likeness (QED) is 0.196. The van der Waals surface area contributed by atoms with Gasteiger partial charge >= 0.3 is 6.09 Å². The lowest BCUT2D eigenvalue weighted by Crippen LogP contribution is -2.54. The molecule has 2 rings (SSSR count). The fourth-order valence-corrected chi connectivity index (χ4v) is 4.43. The maximum atomic E-state index is 12.9. The van der Waals surface area contributed by atoms with Crippen LogP contribution >= 0.6 is 25.3 Å². The monoisotopic (exact) mass is 470 g/mol. The summed E-state index contributed by atoms with van der Waals surface area (Å²) in [5.74, 6) is -1.58. The molecule has 10 nitrogen and oxygen atoms in total. The fraction of sp³-hybridized carbons (Fsp3) is 0.526. The summed E-state index contributed by atoms with van der Waals surface area (Å²) >= 11 is 9.26. The first-order valence-electron chi connectivity index (χ1n) is 9.57. The van der Waals surface area contributed by atoms with Gasteiger partial charge < -0.3 is 15.8 Å². The summed E-state index contributed by atoms with van der Waals surface area (Å²) in [6.07, 6.45) is -0.505. The Hall–Kier alpha value is -2.31. The number of ether oxygens (including phenoxy) is 1. The summed E-state index contributed by atoms with van der Waals surface area (Å²) in [7, 11) is 0. The summed E-state index contributed by atoms with van der Waals surface area (Å²) < 4.78 is 5.38. The van der Waals surface area contributed by atoms with Gasteiger partial charge in [0, 0.05) is 35.8 Å². The highest BCUT2D eigenvalue weighted by Gasteiger charge is 2.53. The first kappa shape index (κ1) is 25.0. The summed E-state index contributed by atoms with van der Waals surface area (Å²) in [6.45, 7) is 2.99. The van der Waals surface area contributed by atoms with Crippen LogP contribution in [0.4, 0.5) is 10.5 Å². The van der Waals surface area contributed by atoms with E-state index < -0.39 is 33.0 Å². The number of amides is 2. The number of nitrogens with one attached hydrogen (secondary N) is 1. The van der Waals surface area contributed by atoms with Crippen LogP contribution < -0.4 is 11.1 Å². The number of likely N-dealkylation sites (tertiary alicyclic amines) is 1. The van der Waals surface area contributed by atoms with E-state index in [9.17, 15) is 24.5 Å². The van der Waals surface area contributed by atoms with Gasteiger partial charge in [-0.15, -0.1) is 12.6 Å². The number of thiol groups is 2. The van der Waals surface area contributed by atoms with Crippen LogP contribution in [0.15, 0.2) is 24.3 Å². The number of hydrogen-bond donors (Lipinski definition) is 4. The number of nitro benzene ring substituents is 1. The number of carbonyl (C=O) groups is 3. The number of carbonyl (C=O) groups excluding carboxylic acids is 3. The Bertz CT molecular complexity index is 852. The Labute approximate surface area is 190 Å². The van der Waals surface area contributed by atoms with E-state index in [1.165, 1.54) is 36.1 Å². The van der Waals surface area contributed by atoms with Gasteiger partial charge in [-0.2, -0.15) is 12.6 Å². The van der Waals surface area contributed by atoms with E-state index in [2.05, 4.69) is 17.9 Å². The zero-order chi connectivity index (χ0) is 23.3. The molecule has 0 aliphatic carbocycles. The fourth-order valence-electron chi connectivity index (χ4n) is 3.44. The van der Waals surface area contributed by atoms with Crippen LogP contribution in [0.3, 0.4) is 0 Å². The number of hydrogen-bond acceptors (Lipinski definition) is 9. The van der Waals surface area contributed by atoms with E-state index in [4.69, 9.17) is 23.1 Å². The molecule has 0 radical (unpaired) electrons. The van der Waals surface area contributed by atoms with E-state index in [1.807, 2.05) is 0 Å². The number of Topliss-reactive ketones (excluding diaryl/α,β-unsaturated/α-hetero) is 1. The van der Waals surface area contributed by atoms with Gasteiger partial charge in [-0.25, -0.2) is 4.79 Å². The molecule has 0 bridgehead atoms. The first-order chi connectivity index (χ1) is 14.5. The van der Waals surface area contributed by atoms with Crippen molar-refractivity contribution in [1.29, 1.82) is 0 Å². The van der Waals surface area contributed by atoms with Gasteiger partial charge in [-0.3, -0.25) is 24.6 Å². The number of rotatable bonds is 8. The predicted octanol–water partition coefficient (Wildman–Crippen LogP) is 1.74. The topological polar surface area (TPSA) is 145 Å². The molecule has 31 heavy (non-hydrogen) atoms. The van der Waals surface area contributed by atoms with Crippen molar-refractivity contribution in [3.05, 3.63) is 39.9 Å². The maximum Gasteiger partial charge on any atom is 0.411 e. The largest absolute Gasteiger partial charge is 0.445 e. The molecule has 1 aromatic carbocycles. The van der Waals surface area contributed by atoms with Crippen LogP contribution in [0.25, 0.3) is 0 Å². The van der Waals surface area contributed by atoms with E-state index in [1.54, 1.807) is 6.92 Å². The molecule has 1 heterocycles. The third kappa shape index (κ3) is 5.69.